The molecule has 1 fully saturated rings. The molecule has 76 valence electrons. The number of likely N-dealkylation sites (N-methyl/N-ethyl adjacent to an activating group) is 1. The molecule has 0 radical (unpaired) electrons. The van der Waals surface area contributed by atoms with E-state index in [-0.39, 0.29) is 5.91 Å². The van der Waals surface area contributed by atoms with Gasteiger partial charge in [-0.1, -0.05) is 0 Å². The van der Waals surface area contributed by atoms with Gasteiger partial charge in [0.1, 0.15) is 0 Å². The fourth-order valence-corrected chi connectivity index (χ4v) is 1.57. The van der Waals surface area contributed by atoms with Crippen LogP contribution in [-0.4, -0.2) is 43.2 Å². The van der Waals surface area contributed by atoms with Crippen molar-refractivity contribution in [3.63, 3.8) is 0 Å². The molecule has 1 heterocycles. The lowest BCUT2D eigenvalue weighted by molar-refractivity contribution is -0.134. The molecule has 1 aliphatic heterocycles. The van der Waals surface area contributed by atoms with Crippen molar-refractivity contribution in [2.75, 3.05) is 20.3 Å². The molecule has 0 spiro atoms. The van der Waals surface area contributed by atoms with Crippen molar-refractivity contribution < 1.29 is 9.53 Å². The maximum atomic E-state index is 11.5. The highest BCUT2D eigenvalue weighted by molar-refractivity contribution is 5.81. The van der Waals surface area contributed by atoms with Crippen LogP contribution in [0.4, 0.5) is 0 Å². The summed E-state index contributed by atoms with van der Waals surface area (Å²) in [5.41, 5.74) is 5.52. The Labute approximate surface area is 79.0 Å². The van der Waals surface area contributed by atoms with E-state index in [0.717, 1.165) is 26.1 Å². The van der Waals surface area contributed by atoms with Crippen molar-refractivity contribution in [2.24, 2.45) is 5.73 Å². The third kappa shape index (κ3) is 2.67. The van der Waals surface area contributed by atoms with E-state index < -0.39 is 6.04 Å². The zero-order chi connectivity index (χ0) is 9.84. The van der Waals surface area contributed by atoms with Gasteiger partial charge in [-0.15, -0.1) is 0 Å². The average molecular weight is 186 g/mol. The summed E-state index contributed by atoms with van der Waals surface area (Å²) in [6.07, 6.45) is 1.85. The lowest BCUT2D eigenvalue weighted by atomic mass is 10.1. The van der Waals surface area contributed by atoms with Crippen LogP contribution in [0.15, 0.2) is 0 Å². The maximum Gasteiger partial charge on any atom is 0.239 e. The van der Waals surface area contributed by atoms with Crippen LogP contribution in [0, 0.1) is 0 Å². The first-order valence-corrected chi connectivity index (χ1v) is 4.73. The first kappa shape index (κ1) is 10.5. The summed E-state index contributed by atoms with van der Waals surface area (Å²) in [5.74, 6) is 0.0203. The summed E-state index contributed by atoms with van der Waals surface area (Å²) in [4.78, 5) is 13.3. The van der Waals surface area contributed by atoms with Gasteiger partial charge in [0.25, 0.3) is 0 Å². The summed E-state index contributed by atoms with van der Waals surface area (Å²) in [7, 11) is 1.82. The quantitative estimate of drug-likeness (QED) is 0.659. The number of nitrogens with two attached hydrogens (primary N) is 1. The second kappa shape index (κ2) is 4.58. The Morgan fingerprint density at radius 1 is 1.54 bits per heavy atom. The number of hydrogen-bond donors (Lipinski definition) is 1. The molecule has 4 nitrogen and oxygen atoms in total. The topological polar surface area (TPSA) is 55.6 Å². The highest BCUT2D eigenvalue weighted by atomic mass is 16.5. The molecule has 13 heavy (non-hydrogen) atoms. The number of rotatable bonds is 2. The first-order valence-electron chi connectivity index (χ1n) is 4.73. The zero-order valence-electron chi connectivity index (χ0n) is 8.32. The maximum absolute atomic E-state index is 11.5. The molecule has 0 aliphatic carbocycles. The second-order valence-electron chi connectivity index (χ2n) is 3.58. The van der Waals surface area contributed by atoms with E-state index >= 15 is 0 Å². The van der Waals surface area contributed by atoms with Gasteiger partial charge in [-0.3, -0.25) is 4.79 Å². The van der Waals surface area contributed by atoms with Gasteiger partial charge < -0.3 is 15.4 Å². The van der Waals surface area contributed by atoms with Gasteiger partial charge in [0, 0.05) is 26.3 Å². The lowest BCUT2D eigenvalue weighted by Crippen LogP contribution is -2.47. The molecule has 1 saturated heterocycles. The van der Waals surface area contributed by atoms with E-state index in [1.54, 1.807) is 11.8 Å². The third-order valence-corrected chi connectivity index (χ3v) is 2.48. The number of carbonyl (C=O) groups is 1. The van der Waals surface area contributed by atoms with Gasteiger partial charge in [-0.25, -0.2) is 0 Å². The minimum atomic E-state index is -0.396. The molecule has 0 aromatic heterocycles. The standard InChI is InChI=1S/C9H18N2O2/c1-7(10)9(12)11(2)8-3-5-13-6-4-8/h7-8H,3-6,10H2,1-2H3/t7-/m1/s1. The monoisotopic (exact) mass is 186 g/mol. The molecule has 0 aromatic carbocycles. The van der Waals surface area contributed by atoms with Crippen molar-refractivity contribution >= 4 is 5.91 Å². The molecule has 1 amide bonds. The predicted octanol–water partition coefficient (Wildman–Crippen LogP) is -0.0290. The highest BCUT2D eigenvalue weighted by Crippen LogP contribution is 2.13. The molecule has 1 rings (SSSR count). The average Bonchev–Trinajstić information content (AvgIpc) is 2.17. The van der Waals surface area contributed by atoms with Crippen LogP contribution in [0.3, 0.4) is 0 Å². The van der Waals surface area contributed by atoms with Crippen molar-refractivity contribution in [1.82, 2.24) is 4.90 Å². The van der Waals surface area contributed by atoms with Crippen LogP contribution in [0.25, 0.3) is 0 Å². The molecule has 2 N–H and O–H groups in total. The summed E-state index contributed by atoms with van der Waals surface area (Å²) < 4.78 is 5.22. The van der Waals surface area contributed by atoms with Crippen LogP contribution in [0.1, 0.15) is 19.8 Å². The van der Waals surface area contributed by atoms with Gasteiger partial charge >= 0.3 is 0 Å². The van der Waals surface area contributed by atoms with Crippen molar-refractivity contribution in [3.8, 4) is 0 Å². The predicted molar refractivity (Wildman–Crippen MR) is 50.3 cm³/mol. The van der Waals surface area contributed by atoms with Crippen LogP contribution < -0.4 is 5.73 Å². The normalized spacial score (nSPS) is 21.2. The molecule has 0 unspecified atom stereocenters. The number of ether oxygens (including phenoxy) is 1. The van der Waals surface area contributed by atoms with Gasteiger partial charge in [0.15, 0.2) is 0 Å². The number of nitrogens with zero attached hydrogens (tertiary/aromatic N) is 1. The number of hydrogen-bond acceptors (Lipinski definition) is 3. The number of carbonyl (C=O) groups excluding carboxylic acids is 1. The second-order valence-corrected chi connectivity index (χ2v) is 3.58. The van der Waals surface area contributed by atoms with Crippen molar-refractivity contribution in [3.05, 3.63) is 0 Å². The van der Waals surface area contributed by atoms with Gasteiger partial charge in [0.2, 0.25) is 5.91 Å². The summed E-state index contributed by atoms with van der Waals surface area (Å²) in [5, 5.41) is 0. The third-order valence-electron chi connectivity index (χ3n) is 2.48. The van der Waals surface area contributed by atoms with E-state index in [2.05, 4.69) is 0 Å². The Kier molecular flexibility index (Phi) is 3.69. The SMILES string of the molecule is C[C@@H](N)C(=O)N(C)C1CCOCC1. The molecule has 4 heteroatoms. The fraction of sp³-hybridized carbons (Fsp3) is 0.889. The van der Waals surface area contributed by atoms with Crippen LogP contribution in [0.2, 0.25) is 0 Å². The van der Waals surface area contributed by atoms with Crippen molar-refractivity contribution in [2.45, 2.75) is 31.8 Å². The summed E-state index contributed by atoms with van der Waals surface area (Å²) >= 11 is 0. The van der Waals surface area contributed by atoms with Gasteiger partial charge in [-0.05, 0) is 19.8 Å². The molecule has 1 aliphatic rings. The Balaban J connectivity index is 2.45. The van der Waals surface area contributed by atoms with E-state index in [4.69, 9.17) is 10.5 Å². The Morgan fingerprint density at radius 3 is 2.54 bits per heavy atom. The van der Waals surface area contributed by atoms with E-state index in [9.17, 15) is 4.79 Å². The van der Waals surface area contributed by atoms with E-state index in [1.807, 2.05) is 7.05 Å². The van der Waals surface area contributed by atoms with E-state index in [1.165, 1.54) is 0 Å². The highest BCUT2D eigenvalue weighted by Gasteiger charge is 2.23. The van der Waals surface area contributed by atoms with E-state index in [0.29, 0.717) is 6.04 Å². The number of amides is 1. The molecular weight excluding hydrogens is 168 g/mol. The Bertz CT molecular complexity index is 176. The molecular formula is C9H18N2O2. The Hall–Kier alpha value is -0.610. The Morgan fingerprint density at radius 2 is 2.08 bits per heavy atom. The minimum Gasteiger partial charge on any atom is -0.381 e. The van der Waals surface area contributed by atoms with Crippen molar-refractivity contribution in [1.29, 1.82) is 0 Å². The molecule has 0 bridgehead atoms. The largest absolute Gasteiger partial charge is 0.381 e. The molecule has 0 aromatic rings. The van der Waals surface area contributed by atoms with Crippen LogP contribution >= 0.6 is 0 Å². The lowest BCUT2D eigenvalue weighted by Gasteiger charge is -2.32. The summed E-state index contributed by atoms with van der Waals surface area (Å²) in [6.45, 7) is 3.22. The van der Waals surface area contributed by atoms with Crippen LogP contribution in [0.5, 0.6) is 0 Å². The smallest absolute Gasteiger partial charge is 0.239 e. The fourth-order valence-electron chi connectivity index (χ4n) is 1.57. The first-order chi connectivity index (χ1) is 6.13. The van der Waals surface area contributed by atoms with Gasteiger partial charge in [0.05, 0.1) is 6.04 Å². The molecule has 1 atom stereocenters. The molecule has 0 saturated carbocycles. The zero-order valence-corrected chi connectivity index (χ0v) is 8.32. The minimum absolute atomic E-state index is 0.0203. The van der Waals surface area contributed by atoms with Gasteiger partial charge in [-0.2, -0.15) is 0 Å². The summed E-state index contributed by atoms with van der Waals surface area (Å²) in [6, 6.07) is -0.0832. The van der Waals surface area contributed by atoms with Crippen LogP contribution in [-0.2, 0) is 9.53 Å².